The van der Waals surface area contributed by atoms with Gasteiger partial charge in [-0.3, -0.25) is 4.79 Å². The first-order valence-electron chi connectivity index (χ1n) is 9.15. The molecule has 2 heterocycles. The molecule has 0 aliphatic heterocycles. The van der Waals surface area contributed by atoms with Gasteiger partial charge in [0.25, 0.3) is 0 Å². The van der Waals surface area contributed by atoms with Gasteiger partial charge in [-0.2, -0.15) is 0 Å². The first-order chi connectivity index (χ1) is 13.5. The minimum Gasteiger partial charge on any atom is -0.456 e. The Morgan fingerprint density at radius 2 is 1.79 bits per heavy atom. The summed E-state index contributed by atoms with van der Waals surface area (Å²) >= 11 is 5.80. The van der Waals surface area contributed by atoms with Crippen molar-refractivity contribution in [3.8, 4) is 11.1 Å². The number of hydrogen-bond donors (Lipinski definition) is 1. The highest BCUT2D eigenvalue weighted by Crippen LogP contribution is 2.49. The third-order valence-electron chi connectivity index (χ3n) is 5.64. The van der Waals surface area contributed by atoms with Crippen LogP contribution in [0.15, 0.2) is 52.9 Å². The zero-order valence-corrected chi connectivity index (χ0v) is 15.8. The minimum absolute atomic E-state index is 0.0631. The highest BCUT2D eigenvalue weighted by molar-refractivity contribution is 6.30. The zero-order valence-electron chi connectivity index (χ0n) is 15.0. The summed E-state index contributed by atoms with van der Waals surface area (Å²) in [4.78, 5) is 13.2. The number of Topliss-reactive ketones (excluding diaryl/α,β-unsaturated/α-hetero) is 1. The fraction of sp³-hybridized carbons (Fsp3) is 0.174. The molecule has 0 spiro atoms. The third-order valence-corrected chi connectivity index (χ3v) is 5.95. The lowest BCUT2D eigenvalue weighted by Gasteiger charge is -2.19. The lowest BCUT2D eigenvalue weighted by Crippen LogP contribution is -2.14. The molecule has 2 bridgehead atoms. The van der Waals surface area contributed by atoms with Crippen LogP contribution in [-0.2, 0) is 6.42 Å². The molecular formula is C23H16ClFO3. The normalized spacial score (nSPS) is 18.9. The fourth-order valence-electron chi connectivity index (χ4n) is 4.26. The summed E-state index contributed by atoms with van der Waals surface area (Å²) in [6, 6.07) is 13.9. The Labute approximate surface area is 165 Å². The quantitative estimate of drug-likeness (QED) is 0.470. The molecule has 2 unspecified atom stereocenters. The van der Waals surface area contributed by atoms with E-state index >= 15 is 0 Å². The maximum atomic E-state index is 13.9. The molecule has 4 aromatic rings. The molecule has 2 aromatic heterocycles. The Balaban J connectivity index is 1.64. The molecule has 28 heavy (non-hydrogen) atoms. The number of carbonyl (C=O) groups excluding carboxylic acids is 1. The Morgan fingerprint density at radius 1 is 1.07 bits per heavy atom. The van der Waals surface area contributed by atoms with Crippen LogP contribution in [-0.4, -0.2) is 10.9 Å². The average molecular weight is 395 g/mol. The summed E-state index contributed by atoms with van der Waals surface area (Å²) in [6.45, 7) is 2.01. The second-order valence-electron chi connectivity index (χ2n) is 7.14. The van der Waals surface area contributed by atoms with Gasteiger partial charge in [0.15, 0.2) is 5.78 Å². The van der Waals surface area contributed by atoms with Gasteiger partial charge in [-0.05, 0) is 52.9 Å². The van der Waals surface area contributed by atoms with E-state index in [1.54, 1.807) is 18.2 Å². The van der Waals surface area contributed by atoms with E-state index < -0.39 is 17.8 Å². The Kier molecular flexibility index (Phi) is 3.83. The molecule has 1 aliphatic carbocycles. The van der Waals surface area contributed by atoms with Crippen LogP contribution < -0.4 is 0 Å². The second kappa shape index (κ2) is 6.16. The number of fused-ring (bicyclic) bond motifs is 5. The second-order valence-corrected chi connectivity index (χ2v) is 7.54. The zero-order chi connectivity index (χ0) is 19.6. The van der Waals surface area contributed by atoms with E-state index in [0.29, 0.717) is 34.3 Å². The number of hydrogen-bond acceptors (Lipinski definition) is 3. The van der Waals surface area contributed by atoms with E-state index in [0.717, 1.165) is 16.7 Å². The van der Waals surface area contributed by atoms with Crippen molar-refractivity contribution in [3.05, 3.63) is 81.6 Å². The Hall–Kier alpha value is -2.69. The van der Waals surface area contributed by atoms with Crippen LogP contribution in [0.1, 0.15) is 46.0 Å². The number of ketones is 1. The van der Waals surface area contributed by atoms with Gasteiger partial charge in [-0.25, -0.2) is 4.39 Å². The number of carbonyl (C=O) groups is 1. The highest BCUT2D eigenvalue weighted by Gasteiger charge is 2.45. The number of rotatable bonds is 3. The first kappa shape index (κ1) is 17.4. The van der Waals surface area contributed by atoms with E-state index in [4.69, 9.17) is 16.0 Å². The van der Waals surface area contributed by atoms with E-state index in [9.17, 15) is 14.3 Å². The number of aliphatic hydroxyl groups excluding tert-OH is 1. The summed E-state index contributed by atoms with van der Waals surface area (Å²) in [6.07, 6.45) is -0.240. The molecule has 0 radical (unpaired) electrons. The van der Waals surface area contributed by atoms with Gasteiger partial charge in [0.2, 0.25) is 0 Å². The molecule has 0 saturated carbocycles. The Bertz CT molecular complexity index is 1230. The maximum Gasteiger partial charge on any atom is 0.177 e. The summed E-state index contributed by atoms with van der Waals surface area (Å²) in [7, 11) is 0. The topological polar surface area (TPSA) is 50.4 Å². The summed E-state index contributed by atoms with van der Waals surface area (Å²) < 4.78 is 19.5. The van der Waals surface area contributed by atoms with E-state index in [2.05, 4.69) is 0 Å². The van der Waals surface area contributed by atoms with Gasteiger partial charge in [-0.1, -0.05) is 42.8 Å². The summed E-state index contributed by atoms with van der Waals surface area (Å²) in [5.74, 6) is -1.32. The van der Waals surface area contributed by atoms with Gasteiger partial charge in [0.1, 0.15) is 17.0 Å². The molecule has 3 nitrogen and oxygen atoms in total. The number of aliphatic hydroxyl groups is 1. The van der Waals surface area contributed by atoms with Crippen molar-refractivity contribution < 1.29 is 18.7 Å². The lowest BCUT2D eigenvalue weighted by atomic mass is 9.86. The van der Waals surface area contributed by atoms with Crippen molar-refractivity contribution in [1.82, 2.24) is 0 Å². The van der Waals surface area contributed by atoms with Crippen molar-refractivity contribution in [2.75, 3.05) is 0 Å². The number of halogens is 2. The van der Waals surface area contributed by atoms with Gasteiger partial charge in [-0.15, -0.1) is 0 Å². The SMILES string of the molecule is CCc1ccc(-c2ccc(Cl)c(F)c2)cc1C1C(=O)c2c(c3ccc2o3)C1O. The van der Waals surface area contributed by atoms with Gasteiger partial charge >= 0.3 is 0 Å². The molecule has 1 N–H and O–H groups in total. The predicted molar refractivity (Wildman–Crippen MR) is 106 cm³/mol. The molecule has 5 heteroatoms. The molecule has 1 aliphatic rings. The van der Waals surface area contributed by atoms with Crippen molar-refractivity contribution in [2.45, 2.75) is 25.4 Å². The molecule has 5 rings (SSSR count). The molecule has 0 fully saturated rings. The van der Waals surface area contributed by atoms with Crippen LogP contribution in [0.2, 0.25) is 5.02 Å². The minimum atomic E-state index is -0.956. The standard InChI is InChI=1S/C23H16ClFO3/c1-2-11-3-4-12(13-5-6-15(24)16(25)10-13)9-14(11)19-22(26)20-17-7-8-18(28-17)21(20)23(19)27/h3-10,19,22,26H,2H2,1H3. The van der Waals surface area contributed by atoms with E-state index in [1.165, 1.54) is 12.1 Å². The van der Waals surface area contributed by atoms with Crippen LogP contribution in [0.5, 0.6) is 0 Å². The monoisotopic (exact) mass is 394 g/mol. The Morgan fingerprint density at radius 3 is 2.50 bits per heavy atom. The van der Waals surface area contributed by atoms with Crippen molar-refractivity contribution >= 4 is 28.6 Å². The van der Waals surface area contributed by atoms with Gasteiger partial charge in [0.05, 0.1) is 22.6 Å². The maximum absolute atomic E-state index is 13.9. The predicted octanol–water partition coefficient (Wildman–Crippen LogP) is 5.91. The number of aryl methyl sites for hydroxylation is 1. The van der Waals surface area contributed by atoms with Crippen LogP contribution in [0.4, 0.5) is 4.39 Å². The molecule has 2 atom stereocenters. The molecule has 140 valence electrons. The molecular weight excluding hydrogens is 379 g/mol. The summed E-state index contributed by atoms with van der Waals surface area (Å²) in [5.41, 5.74) is 5.33. The molecule has 0 saturated heterocycles. The fourth-order valence-corrected chi connectivity index (χ4v) is 4.38. The largest absolute Gasteiger partial charge is 0.456 e. The van der Waals surface area contributed by atoms with Gasteiger partial charge in [0, 0.05) is 5.56 Å². The van der Waals surface area contributed by atoms with Crippen LogP contribution >= 0.6 is 11.6 Å². The van der Waals surface area contributed by atoms with Gasteiger partial charge < -0.3 is 9.52 Å². The van der Waals surface area contributed by atoms with Crippen LogP contribution in [0.3, 0.4) is 0 Å². The smallest absolute Gasteiger partial charge is 0.177 e. The van der Waals surface area contributed by atoms with Crippen LogP contribution in [0, 0.1) is 5.82 Å². The third kappa shape index (κ3) is 2.35. The highest BCUT2D eigenvalue weighted by atomic mass is 35.5. The average Bonchev–Trinajstić information content (AvgIpc) is 3.37. The lowest BCUT2D eigenvalue weighted by molar-refractivity contribution is 0.0871. The van der Waals surface area contributed by atoms with E-state index in [1.807, 2.05) is 25.1 Å². The number of furan rings is 2. The van der Waals surface area contributed by atoms with E-state index in [-0.39, 0.29) is 10.8 Å². The van der Waals surface area contributed by atoms with Crippen molar-refractivity contribution in [2.24, 2.45) is 0 Å². The first-order valence-corrected chi connectivity index (χ1v) is 9.52. The molecule has 0 amide bonds. The summed E-state index contributed by atoms with van der Waals surface area (Å²) in [5, 5.41) is 11.0. The number of benzene rings is 3. The van der Waals surface area contributed by atoms with Crippen molar-refractivity contribution in [3.63, 3.8) is 0 Å². The molecule has 2 aromatic carbocycles. The van der Waals surface area contributed by atoms with Crippen LogP contribution in [0.25, 0.3) is 22.3 Å². The van der Waals surface area contributed by atoms with Crippen molar-refractivity contribution in [1.29, 1.82) is 0 Å².